The van der Waals surface area contributed by atoms with Gasteiger partial charge in [-0.1, -0.05) is 40.7 Å². The van der Waals surface area contributed by atoms with E-state index >= 15 is 4.79 Å². The van der Waals surface area contributed by atoms with Gasteiger partial charge in [0.2, 0.25) is 5.78 Å². The Kier molecular flexibility index (Phi) is 10.8. The maximum absolute atomic E-state index is 15.4. The number of ketones is 1. The summed E-state index contributed by atoms with van der Waals surface area (Å²) in [6.45, 7) is 15.7. The molecular formula is C40H53NO12. The van der Waals surface area contributed by atoms with E-state index in [2.05, 4.69) is 4.98 Å². The minimum Gasteiger partial charge on any atom is -0.462 e. The lowest BCUT2D eigenvalue weighted by Crippen LogP contribution is -2.66. The van der Waals surface area contributed by atoms with Crippen LogP contribution in [0.25, 0.3) is 0 Å². The van der Waals surface area contributed by atoms with Crippen molar-refractivity contribution < 1.29 is 57.6 Å². The zero-order valence-corrected chi connectivity index (χ0v) is 32.3. The molecule has 5 rings (SSSR count). The van der Waals surface area contributed by atoms with Crippen LogP contribution in [0, 0.1) is 46.3 Å². The van der Waals surface area contributed by atoms with Crippen LogP contribution in [0.1, 0.15) is 98.9 Å². The zero-order chi connectivity index (χ0) is 39.4. The van der Waals surface area contributed by atoms with Crippen LogP contribution in [0.5, 0.6) is 0 Å². The van der Waals surface area contributed by atoms with Crippen molar-refractivity contribution in [1.82, 2.24) is 4.98 Å². The molecule has 4 aliphatic rings. The number of hydrogen-bond donors (Lipinski definition) is 1. The number of fused-ring (bicyclic) bond motifs is 4. The van der Waals surface area contributed by atoms with Crippen LogP contribution in [0.2, 0.25) is 0 Å². The van der Waals surface area contributed by atoms with Crippen LogP contribution in [0.4, 0.5) is 0 Å². The first-order valence-electron chi connectivity index (χ1n) is 18.4. The first kappa shape index (κ1) is 40.1. The van der Waals surface area contributed by atoms with Gasteiger partial charge in [-0.3, -0.25) is 24.2 Å². The second kappa shape index (κ2) is 14.3. The molecule has 0 bridgehead atoms. The predicted octanol–water partition coefficient (Wildman–Crippen LogP) is 4.58. The number of hydrogen-bond acceptors (Lipinski definition) is 13. The summed E-state index contributed by atoms with van der Waals surface area (Å²) < 4.78 is 31.0. The van der Waals surface area contributed by atoms with E-state index in [0.29, 0.717) is 0 Å². The molecule has 1 aromatic rings. The molecule has 11 atom stereocenters. The molecule has 1 N–H and O–H groups in total. The second-order valence-electron chi connectivity index (χ2n) is 16.7. The fraction of sp³-hybridized carbons (Fsp3) is 0.675. The summed E-state index contributed by atoms with van der Waals surface area (Å²) in [5.41, 5.74) is -6.62. The van der Waals surface area contributed by atoms with Crippen molar-refractivity contribution in [2.24, 2.45) is 46.3 Å². The molecule has 0 spiro atoms. The van der Waals surface area contributed by atoms with E-state index in [1.165, 1.54) is 45.3 Å². The summed E-state index contributed by atoms with van der Waals surface area (Å²) in [5.74, 6) is -8.58. The first-order chi connectivity index (χ1) is 24.7. The highest BCUT2D eigenvalue weighted by Crippen LogP contribution is 2.76. The Morgan fingerprint density at radius 3 is 2.26 bits per heavy atom. The van der Waals surface area contributed by atoms with Crippen molar-refractivity contribution in [2.45, 2.75) is 118 Å². The van der Waals surface area contributed by atoms with E-state index in [1.807, 2.05) is 27.7 Å². The molecule has 13 nitrogen and oxygen atoms in total. The summed E-state index contributed by atoms with van der Waals surface area (Å²) in [6.07, 6.45) is 0.340. The molecule has 4 saturated carbocycles. The predicted molar refractivity (Wildman–Crippen MR) is 187 cm³/mol. The molecule has 0 amide bonds. The molecule has 4 aliphatic carbocycles. The van der Waals surface area contributed by atoms with Crippen molar-refractivity contribution >= 4 is 35.6 Å². The highest BCUT2D eigenvalue weighted by atomic mass is 16.6. The average Bonchev–Trinajstić information content (AvgIpc) is 3.52. The Bertz CT molecular complexity index is 1690. The molecule has 1 aromatic heterocycles. The number of ether oxygens (including phenoxy) is 5. The van der Waals surface area contributed by atoms with E-state index in [1.54, 1.807) is 19.9 Å². The number of carbonyl (C=O) groups excluding carboxylic acids is 6. The van der Waals surface area contributed by atoms with Crippen LogP contribution in [-0.4, -0.2) is 81.8 Å². The fourth-order valence-electron chi connectivity index (χ4n) is 10.1. The average molecular weight is 740 g/mol. The molecule has 0 radical (unpaired) electrons. The lowest BCUT2D eigenvalue weighted by molar-refractivity contribution is -0.235. The van der Waals surface area contributed by atoms with Crippen molar-refractivity contribution in [3.63, 3.8) is 0 Å². The van der Waals surface area contributed by atoms with Crippen LogP contribution < -0.4 is 0 Å². The van der Waals surface area contributed by atoms with E-state index in [9.17, 15) is 29.1 Å². The molecule has 1 heterocycles. The Morgan fingerprint density at radius 2 is 1.70 bits per heavy atom. The first-order valence-corrected chi connectivity index (χ1v) is 18.4. The molecule has 53 heavy (non-hydrogen) atoms. The van der Waals surface area contributed by atoms with E-state index in [0.717, 1.165) is 6.92 Å². The van der Waals surface area contributed by atoms with E-state index in [-0.39, 0.29) is 42.2 Å². The number of rotatable bonds is 10. The van der Waals surface area contributed by atoms with Gasteiger partial charge in [-0.05, 0) is 74.8 Å². The molecule has 0 aromatic carbocycles. The summed E-state index contributed by atoms with van der Waals surface area (Å²) in [4.78, 5) is 86.9. The van der Waals surface area contributed by atoms with Crippen LogP contribution in [0.3, 0.4) is 0 Å². The smallest absolute Gasteiger partial charge is 0.339 e. The minimum atomic E-state index is -2.39. The summed E-state index contributed by atoms with van der Waals surface area (Å²) in [7, 11) is 0. The highest BCUT2D eigenvalue weighted by molar-refractivity contribution is 5.98. The Labute approximate surface area is 310 Å². The summed E-state index contributed by atoms with van der Waals surface area (Å²) >= 11 is 0. The molecule has 0 unspecified atom stereocenters. The molecule has 0 saturated heterocycles. The number of esters is 5. The van der Waals surface area contributed by atoms with E-state index in [4.69, 9.17) is 23.7 Å². The van der Waals surface area contributed by atoms with Crippen molar-refractivity contribution in [2.75, 3.05) is 6.61 Å². The van der Waals surface area contributed by atoms with Gasteiger partial charge in [-0.2, -0.15) is 0 Å². The number of pyridine rings is 1. The van der Waals surface area contributed by atoms with Gasteiger partial charge in [0.15, 0.2) is 5.60 Å². The van der Waals surface area contributed by atoms with Gasteiger partial charge in [0.25, 0.3) is 0 Å². The van der Waals surface area contributed by atoms with Crippen LogP contribution >= 0.6 is 0 Å². The quantitative estimate of drug-likeness (QED) is 0.200. The lowest BCUT2D eigenvalue weighted by atomic mass is 9.55. The third-order valence-electron chi connectivity index (χ3n) is 12.4. The van der Waals surface area contributed by atoms with Crippen molar-refractivity contribution in [1.29, 1.82) is 0 Å². The summed E-state index contributed by atoms with van der Waals surface area (Å²) in [5, 5.41) is 13.0. The van der Waals surface area contributed by atoms with Gasteiger partial charge in [-0.25, -0.2) is 9.59 Å². The van der Waals surface area contributed by atoms with Gasteiger partial charge < -0.3 is 28.8 Å². The second-order valence-corrected chi connectivity index (χ2v) is 16.7. The van der Waals surface area contributed by atoms with Gasteiger partial charge in [0.05, 0.1) is 16.9 Å². The number of aromatic nitrogens is 1. The maximum atomic E-state index is 15.4. The van der Waals surface area contributed by atoms with E-state index < -0.39 is 106 Å². The molecular weight excluding hydrogens is 686 g/mol. The third kappa shape index (κ3) is 6.78. The zero-order valence-electron chi connectivity index (χ0n) is 32.3. The Balaban J connectivity index is 1.88. The molecule has 13 heteroatoms. The molecule has 0 aliphatic heterocycles. The largest absolute Gasteiger partial charge is 0.462 e. The number of allylic oxidation sites excluding steroid dienone is 1. The van der Waals surface area contributed by atoms with Crippen LogP contribution in [-0.2, 0) is 47.7 Å². The third-order valence-corrected chi connectivity index (χ3v) is 12.4. The maximum Gasteiger partial charge on any atom is 0.339 e. The standard InChI is InChI=1S/C40H53NO12/c1-11-21(4)34(45)52-33-30-31(51-28(44)15-20(2)3)22(5)17-40(30,48)36(47)38(10,53-24(7)43)32-29-26(37(29,8)9)16-27(50-23(6)42)39(32,33)19-49-35(46)25-13-12-14-41-18-25/h11-14,18,20,22,26-27,29-33,48H,15-17,19H2,1-10H3/b21-11+/t22-,26-,27+,29-,30+,31-,32-,33+,38-,39+,40+/m0/s1. The SMILES string of the molecule is C/C=C(\C)C(=O)O[C@@H]1[C@H]2[C@@H](OC(=O)CC(C)C)[C@@H](C)C[C@]2(O)C(=O)[C@@](C)(OC(C)=O)[C@@H]2[C@@H]3[C@H](C[C@@H](OC(C)=O)[C@@]12COC(=O)c1cccnc1)C3(C)C. The number of nitrogens with zero attached hydrogens (tertiary/aromatic N) is 1. The highest BCUT2D eigenvalue weighted by Gasteiger charge is 2.84. The van der Waals surface area contributed by atoms with Crippen molar-refractivity contribution in [3.8, 4) is 0 Å². The molecule has 290 valence electrons. The van der Waals surface area contributed by atoms with Gasteiger partial charge in [-0.15, -0.1) is 0 Å². The molecule has 4 fully saturated rings. The van der Waals surface area contributed by atoms with Gasteiger partial charge in [0, 0.05) is 44.2 Å². The lowest BCUT2D eigenvalue weighted by Gasteiger charge is -2.55. The number of carbonyl (C=O) groups is 6. The minimum absolute atomic E-state index is 0.0279. The van der Waals surface area contributed by atoms with Gasteiger partial charge >= 0.3 is 29.8 Å². The van der Waals surface area contributed by atoms with Gasteiger partial charge in [0.1, 0.15) is 30.5 Å². The monoisotopic (exact) mass is 739 g/mol. The normalized spacial score (nSPS) is 36.9. The van der Waals surface area contributed by atoms with Crippen LogP contribution in [0.15, 0.2) is 36.2 Å². The topological polar surface area (TPSA) is 182 Å². The summed E-state index contributed by atoms with van der Waals surface area (Å²) in [6, 6.07) is 3.06. The van der Waals surface area contributed by atoms with Crippen molar-refractivity contribution in [3.05, 3.63) is 41.7 Å². The number of aliphatic hydroxyl groups is 1. The Hall–Kier alpha value is -4.13. The fourth-order valence-corrected chi connectivity index (χ4v) is 10.1. The number of Topliss-reactive ketones (excluding diaryl/α,β-unsaturated/α-hetero) is 1. The Morgan fingerprint density at radius 1 is 1.02 bits per heavy atom.